The Balaban J connectivity index is 0.00000192. The number of nitro benzene ring substituents is 1. The highest BCUT2D eigenvalue weighted by atomic mass is 79.9. The van der Waals surface area contributed by atoms with Crippen molar-refractivity contribution in [1.29, 1.82) is 0 Å². The molecule has 118 valence electrons. The average Bonchev–Trinajstić information content (AvgIpc) is 2.98. The Bertz CT molecular complexity index is 841. The van der Waals surface area contributed by atoms with Crippen LogP contribution in [0.5, 0.6) is 0 Å². The lowest BCUT2D eigenvalue weighted by Gasteiger charge is -2.04. The van der Waals surface area contributed by atoms with Gasteiger partial charge in [-0.25, -0.2) is 4.98 Å². The summed E-state index contributed by atoms with van der Waals surface area (Å²) in [6, 6.07) is 13.8. The molecule has 3 rings (SSSR count). The van der Waals surface area contributed by atoms with E-state index in [4.69, 9.17) is 11.6 Å². The first-order chi connectivity index (χ1) is 10.6. The van der Waals surface area contributed by atoms with E-state index >= 15 is 0 Å². The molecule has 0 spiro atoms. The third-order valence-electron chi connectivity index (χ3n) is 2.97. The van der Waals surface area contributed by atoms with Gasteiger partial charge in [0.05, 0.1) is 21.3 Å². The minimum Gasteiger partial charge on any atom is -0.330 e. The smallest absolute Gasteiger partial charge is 0.270 e. The maximum absolute atomic E-state index is 10.8. The number of aromatic nitrogens is 1. The Kier molecular flexibility index (Phi) is 5.70. The van der Waals surface area contributed by atoms with E-state index in [0.29, 0.717) is 21.4 Å². The third kappa shape index (κ3) is 4.07. The van der Waals surface area contributed by atoms with Crippen LogP contribution in [0.2, 0.25) is 5.02 Å². The van der Waals surface area contributed by atoms with Crippen molar-refractivity contribution in [3.63, 3.8) is 0 Å². The highest BCUT2D eigenvalue weighted by molar-refractivity contribution is 8.93. The van der Waals surface area contributed by atoms with Crippen molar-refractivity contribution < 1.29 is 4.92 Å². The molecular weight excluding hydrogens is 402 g/mol. The van der Waals surface area contributed by atoms with Crippen molar-refractivity contribution in [2.45, 2.75) is 0 Å². The number of rotatable bonds is 4. The van der Waals surface area contributed by atoms with E-state index in [0.717, 1.165) is 5.69 Å². The molecule has 0 aliphatic carbocycles. The summed E-state index contributed by atoms with van der Waals surface area (Å²) in [5.41, 5.74) is 2.20. The summed E-state index contributed by atoms with van der Waals surface area (Å²) in [6.45, 7) is 0. The molecule has 0 unspecified atom stereocenters. The molecule has 0 bridgehead atoms. The fourth-order valence-corrected chi connectivity index (χ4v) is 2.84. The highest BCUT2D eigenvalue weighted by Crippen LogP contribution is 2.31. The van der Waals surface area contributed by atoms with Crippen LogP contribution in [0.4, 0.5) is 16.5 Å². The fraction of sp³-hybridized carbons (Fsp3) is 0. The molecule has 0 saturated carbocycles. The number of nitrogens with zero attached hydrogens (tertiary/aromatic N) is 2. The van der Waals surface area contributed by atoms with Gasteiger partial charge in [0.2, 0.25) is 0 Å². The Morgan fingerprint density at radius 1 is 1.17 bits per heavy atom. The molecule has 1 heterocycles. The van der Waals surface area contributed by atoms with E-state index in [-0.39, 0.29) is 22.7 Å². The number of nitro groups is 1. The summed E-state index contributed by atoms with van der Waals surface area (Å²) in [4.78, 5) is 14.9. The molecule has 8 heteroatoms. The van der Waals surface area contributed by atoms with E-state index in [1.807, 2.05) is 23.6 Å². The van der Waals surface area contributed by atoms with Crippen molar-refractivity contribution in [1.82, 2.24) is 4.98 Å². The van der Waals surface area contributed by atoms with E-state index in [9.17, 15) is 10.1 Å². The quantitative estimate of drug-likeness (QED) is 0.441. The molecule has 1 N–H and O–H groups in total. The molecule has 3 aromatic rings. The van der Waals surface area contributed by atoms with Gasteiger partial charge in [0.1, 0.15) is 0 Å². The topological polar surface area (TPSA) is 68.1 Å². The maximum Gasteiger partial charge on any atom is 0.270 e. The zero-order valence-electron chi connectivity index (χ0n) is 11.6. The molecule has 1 aromatic heterocycles. The molecule has 0 amide bonds. The second kappa shape index (κ2) is 7.54. The Labute approximate surface area is 151 Å². The minimum atomic E-state index is -0.418. The Hall–Kier alpha value is -1.96. The van der Waals surface area contributed by atoms with Gasteiger partial charge in [-0.3, -0.25) is 10.1 Å². The van der Waals surface area contributed by atoms with Gasteiger partial charge < -0.3 is 5.32 Å². The van der Waals surface area contributed by atoms with E-state index in [1.165, 1.54) is 23.5 Å². The summed E-state index contributed by atoms with van der Waals surface area (Å²) in [6.07, 6.45) is 0. The summed E-state index contributed by atoms with van der Waals surface area (Å²) in [7, 11) is 0. The summed E-state index contributed by atoms with van der Waals surface area (Å²) >= 11 is 7.50. The number of para-hydroxylation sites is 1. The van der Waals surface area contributed by atoms with Gasteiger partial charge in [-0.2, -0.15) is 0 Å². The van der Waals surface area contributed by atoms with Crippen molar-refractivity contribution in [3.05, 3.63) is 69.0 Å². The molecule has 23 heavy (non-hydrogen) atoms. The van der Waals surface area contributed by atoms with Gasteiger partial charge in [-0.05, 0) is 12.1 Å². The maximum atomic E-state index is 10.8. The van der Waals surface area contributed by atoms with Crippen molar-refractivity contribution in [3.8, 4) is 11.3 Å². The number of hydrogen-bond donors (Lipinski definition) is 1. The van der Waals surface area contributed by atoms with Gasteiger partial charge in [-0.15, -0.1) is 28.3 Å². The zero-order valence-corrected chi connectivity index (χ0v) is 14.9. The molecule has 2 aromatic carbocycles. The fourth-order valence-electron chi connectivity index (χ4n) is 1.92. The normalized spacial score (nSPS) is 9.96. The first kappa shape index (κ1) is 17.4. The lowest BCUT2D eigenvalue weighted by molar-refractivity contribution is -0.384. The summed E-state index contributed by atoms with van der Waals surface area (Å²) in [5, 5.41) is 17.1. The number of hydrogen-bond acceptors (Lipinski definition) is 5. The molecule has 0 saturated heterocycles. The lowest BCUT2D eigenvalue weighted by atomic mass is 10.1. The summed E-state index contributed by atoms with van der Waals surface area (Å²) < 4.78 is 0. The Morgan fingerprint density at radius 3 is 2.70 bits per heavy atom. The van der Waals surface area contributed by atoms with Crippen LogP contribution < -0.4 is 5.32 Å². The van der Waals surface area contributed by atoms with Crippen LogP contribution in [-0.4, -0.2) is 9.91 Å². The van der Waals surface area contributed by atoms with Crippen LogP contribution in [0, 0.1) is 10.1 Å². The van der Waals surface area contributed by atoms with E-state index in [1.54, 1.807) is 18.2 Å². The van der Waals surface area contributed by atoms with Crippen LogP contribution in [-0.2, 0) is 0 Å². The van der Waals surface area contributed by atoms with Crippen LogP contribution in [0.15, 0.2) is 53.9 Å². The second-order valence-electron chi connectivity index (χ2n) is 4.45. The van der Waals surface area contributed by atoms with E-state index < -0.39 is 4.92 Å². The number of anilines is 2. The molecule has 0 fully saturated rings. The van der Waals surface area contributed by atoms with Crippen molar-refractivity contribution >= 4 is 56.4 Å². The number of benzene rings is 2. The molecule has 0 aliphatic rings. The monoisotopic (exact) mass is 411 g/mol. The van der Waals surface area contributed by atoms with Gasteiger partial charge >= 0.3 is 0 Å². The zero-order chi connectivity index (χ0) is 15.5. The lowest BCUT2D eigenvalue weighted by Crippen LogP contribution is -1.91. The Morgan fingerprint density at radius 2 is 1.96 bits per heavy atom. The first-order valence-electron chi connectivity index (χ1n) is 6.35. The third-order valence-corrected chi connectivity index (χ3v) is 4.06. The van der Waals surface area contributed by atoms with Crippen molar-refractivity contribution in [2.75, 3.05) is 5.32 Å². The number of non-ortho nitro benzene ring substituents is 1. The highest BCUT2D eigenvalue weighted by Gasteiger charge is 2.10. The molecule has 0 atom stereocenters. The van der Waals surface area contributed by atoms with Crippen LogP contribution >= 0.6 is 39.9 Å². The molecular formula is C15H11BrClN3O2S. The van der Waals surface area contributed by atoms with Crippen LogP contribution in [0.3, 0.4) is 0 Å². The number of thiazole rings is 1. The first-order valence-corrected chi connectivity index (χ1v) is 7.61. The summed E-state index contributed by atoms with van der Waals surface area (Å²) in [5.74, 6) is 0. The minimum absolute atomic E-state index is 0. The SMILES string of the molecule is Br.O=[N+]([O-])c1cccc(-c2csc(Nc3ccccc3Cl)n2)c1. The molecule has 0 radical (unpaired) electrons. The number of nitrogens with one attached hydrogen (secondary N) is 1. The molecule has 5 nitrogen and oxygen atoms in total. The standard InChI is InChI=1S/C15H10ClN3O2S.BrH/c16-12-6-1-2-7-13(12)17-15-18-14(9-22-15)10-4-3-5-11(8-10)19(20)21;/h1-9H,(H,17,18);1H. The second-order valence-corrected chi connectivity index (χ2v) is 5.72. The van der Waals surface area contributed by atoms with Crippen molar-refractivity contribution in [2.24, 2.45) is 0 Å². The average molecular weight is 413 g/mol. The predicted octanol–water partition coefficient (Wildman–Crippen LogP) is 5.69. The van der Waals surface area contributed by atoms with E-state index in [2.05, 4.69) is 10.3 Å². The number of halogens is 2. The van der Waals surface area contributed by atoms with Gasteiger partial charge in [0.15, 0.2) is 5.13 Å². The predicted molar refractivity (Wildman–Crippen MR) is 99.3 cm³/mol. The van der Waals surface area contributed by atoms with Gasteiger partial charge in [0, 0.05) is 23.1 Å². The van der Waals surface area contributed by atoms with Gasteiger partial charge in [-0.1, -0.05) is 35.9 Å². The van der Waals surface area contributed by atoms with Crippen LogP contribution in [0.25, 0.3) is 11.3 Å². The largest absolute Gasteiger partial charge is 0.330 e. The molecule has 0 aliphatic heterocycles. The van der Waals surface area contributed by atoms with Crippen LogP contribution in [0.1, 0.15) is 0 Å². The van der Waals surface area contributed by atoms with Gasteiger partial charge in [0.25, 0.3) is 5.69 Å².